The first kappa shape index (κ1) is 33.8. The van der Waals surface area contributed by atoms with Crippen molar-refractivity contribution in [3.05, 3.63) is 96.2 Å². The number of carbonyl (C=O) groups excluding carboxylic acids is 2. The third kappa shape index (κ3) is 8.06. The molecule has 1 heterocycles. The Morgan fingerprint density at radius 2 is 1.62 bits per heavy atom. The van der Waals surface area contributed by atoms with Crippen LogP contribution in [0.15, 0.2) is 85.1 Å². The van der Waals surface area contributed by atoms with Crippen LogP contribution in [0.4, 0.5) is 13.2 Å². The lowest BCUT2D eigenvalue weighted by Crippen LogP contribution is -2.26. The van der Waals surface area contributed by atoms with E-state index in [2.05, 4.69) is 10.4 Å². The number of halogens is 3. The molecule has 0 aliphatic rings. The Morgan fingerprint density at radius 1 is 0.917 bits per heavy atom. The van der Waals surface area contributed by atoms with Crippen LogP contribution >= 0.6 is 0 Å². The molecular formula is C36H34F3N3O6. The van der Waals surface area contributed by atoms with E-state index in [9.17, 15) is 22.8 Å². The number of nitrogens with one attached hydrogen (secondary N) is 1. The first-order valence-corrected chi connectivity index (χ1v) is 15.2. The Morgan fingerprint density at radius 3 is 2.31 bits per heavy atom. The number of amides is 1. The molecule has 0 saturated heterocycles. The zero-order valence-corrected chi connectivity index (χ0v) is 26.8. The van der Waals surface area contributed by atoms with E-state index in [1.807, 2.05) is 36.4 Å². The molecule has 5 aromatic rings. The van der Waals surface area contributed by atoms with Crippen LogP contribution < -0.4 is 19.5 Å². The number of benzene rings is 4. The van der Waals surface area contributed by atoms with Crippen LogP contribution in [0.5, 0.6) is 23.1 Å². The van der Waals surface area contributed by atoms with Crippen molar-refractivity contribution in [2.24, 2.45) is 0 Å². The van der Waals surface area contributed by atoms with Gasteiger partial charge in [0.15, 0.2) is 0 Å². The molecule has 250 valence electrons. The number of hydrogen-bond acceptors (Lipinski definition) is 7. The van der Waals surface area contributed by atoms with E-state index in [0.717, 1.165) is 22.9 Å². The number of carbonyl (C=O) groups is 2. The second-order valence-electron chi connectivity index (χ2n) is 11.0. The van der Waals surface area contributed by atoms with Crippen molar-refractivity contribution in [2.45, 2.75) is 39.5 Å². The number of hydrogen-bond donors (Lipinski definition) is 1. The summed E-state index contributed by atoms with van der Waals surface area (Å²) in [5, 5.41) is 9.08. The summed E-state index contributed by atoms with van der Waals surface area (Å²) in [7, 11) is 1.59. The molecule has 0 aliphatic heterocycles. The van der Waals surface area contributed by atoms with Crippen LogP contribution in [-0.2, 0) is 15.7 Å². The number of nitrogens with zero attached hydrogens (tertiary/aromatic N) is 2. The van der Waals surface area contributed by atoms with E-state index in [1.54, 1.807) is 58.3 Å². The van der Waals surface area contributed by atoms with E-state index >= 15 is 0 Å². The van der Waals surface area contributed by atoms with Crippen molar-refractivity contribution in [3.8, 4) is 39.9 Å². The molecule has 0 fully saturated rings. The van der Waals surface area contributed by atoms with Gasteiger partial charge in [-0.1, -0.05) is 18.2 Å². The van der Waals surface area contributed by atoms with Gasteiger partial charge in [-0.15, -0.1) is 5.10 Å². The van der Waals surface area contributed by atoms with Crippen LogP contribution in [0.3, 0.4) is 0 Å². The number of ether oxygens (including phenoxy) is 4. The maximum Gasteiger partial charge on any atom is 0.416 e. The van der Waals surface area contributed by atoms with E-state index in [-0.39, 0.29) is 48.9 Å². The van der Waals surface area contributed by atoms with Gasteiger partial charge in [-0.3, -0.25) is 9.59 Å². The van der Waals surface area contributed by atoms with Crippen LogP contribution in [0.25, 0.3) is 27.6 Å². The molecular weight excluding hydrogens is 627 g/mol. The third-order valence-electron chi connectivity index (χ3n) is 7.19. The van der Waals surface area contributed by atoms with Crippen molar-refractivity contribution in [1.29, 1.82) is 0 Å². The zero-order chi connectivity index (χ0) is 34.4. The first-order valence-electron chi connectivity index (χ1n) is 15.2. The molecule has 0 unspecified atom stereocenters. The summed E-state index contributed by atoms with van der Waals surface area (Å²) in [6, 6.07) is 20.8. The van der Waals surface area contributed by atoms with E-state index in [1.165, 1.54) is 10.7 Å². The molecule has 0 saturated carbocycles. The van der Waals surface area contributed by atoms with Gasteiger partial charge in [0.1, 0.15) is 22.9 Å². The highest BCUT2D eigenvalue weighted by Gasteiger charge is 2.32. The predicted octanol–water partition coefficient (Wildman–Crippen LogP) is 7.98. The number of rotatable bonds is 12. The largest absolute Gasteiger partial charge is 0.497 e. The minimum absolute atomic E-state index is 0.0460. The SMILES string of the molecule is CCOC(=O)CCNC(=O)c1ccc(Oc2nn(-c3cc(C(F)(F)F)ccc3OC(C)C)cc2-c2ccc3cc(OC)ccc3c2)cc1. The van der Waals surface area contributed by atoms with Gasteiger partial charge < -0.3 is 24.3 Å². The van der Waals surface area contributed by atoms with Gasteiger partial charge in [-0.2, -0.15) is 13.2 Å². The first-order chi connectivity index (χ1) is 22.9. The van der Waals surface area contributed by atoms with Gasteiger partial charge in [0.25, 0.3) is 5.91 Å². The van der Waals surface area contributed by atoms with Crippen molar-refractivity contribution in [1.82, 2.24) is 15.1 Å². The van der Waals surface area contributed by atoms with Crippen LogP contribution in [0.1, 0.15) is 43.1 Å². The minimum atomic E-state index is -4.59. The average Bonchev–Trinajstić information content (AvgIpc) is 3.47. The number of methoxy groups -OCH3 is 1. The highest BCUT2D eigenvalue weighted by atomic mass is 19.4. The summed E-state index contributed by atoms with van der Waals surface area (Å²) in [6.45, 7) is 5.64. The zero-order valence-electron chi connectivity index (χ0n) is 26.8. The average molecular weight is 662 g/mol. The molecule has 1 N–H and O–H groups in total. The Balaban J connectivity index is 1.51. The summed E-state index contributed by atoms with van der Waals surface area (Å²) in [4.78, 5) is 24.1. The fraction of sp³-hybridized carbons (Fsp3) is 0.250. The lowest BCUT2D eigenvalue weighted by molar-refractivity contribution is -0.143. The second-order valence-corrected chi connectivity index (χ2v) is 11.0. The van der Waals surface area contributed by atoms with Crippen molar-refractivity contribution in [3.63, 3.8) is 0 Å². The standard InChI is InChI=1S/C36H34F3N3O6/c1-5-46-33(43)16-17-40-34(44)23-8-12-28(13-9-23)48-35-30(26-7-6-25-19-29(45-4)14-10-24(25)18-26)21-42(41-35)31-20-27(36(37,38)39)11-15-32(31)47-22(2)3/h6-15,18-22H,5,16-17H2,1-4H3,(H,40,44). The maximum atomic E-state index is 13.8. The summed E-state index contributed by atoms with van der Waals surface area (Å²) in [5.74, 6) is 0.565. The number of fused-ring (bicyclic) bond motifs is 1. The maximum absolute atomic E-state index is 13.8. The van der Waals surface area contributed by atoms with Crippen LogP contribution in [0.2, 0.25) is 0 Å². The van der Waals surface area contributed by atoms with E-state index in [4.69, 9.17) is 18.9 Å². The summed E-state index contributed by atoms with van der Waals surface area (Å²) in [6.07, 6.45) is -3.27. The van der Waals surface area contributed by atoms with Crippen molar-refractivity contribution in [2.75, 3.05) is 20.3 Å². The number of esters is 1. The summed E-state index contributed by atoms with van der Waals surface area (Å²) < 4.78 is 64.9. The Kier molecular flexibility index (Phi) is 10.2. The third-order valence-corrected chi connectivity index (χ3v) is 7.19. The normalized spacial score (nSPS) is 11.4. The number of aromatic nitrogens is 2. The molecule has 5 rings (SSSR count). The van der Waals surface area contributed by atoms with Gasteiger partial charge in [0, 0.05) is 18.3 Å². The predicted molar refractivity (Wildman–Crippen MR) is 174 cm³/mol. The van der Waals surface area contributed by atoms with Gasteiger partial charge in [0.2, 0.25) is 5.88 Å². The molecule has 9 nitrogen and oxygen atoms in total. The molecule has 48 heavy (non-hydrogen) atoms. The monoisotopic (exact) mass is 661 g/mol. The van der Waals surface area contributed by atoms with Gasteiger partial charge in [-0.05, 0) is 97.8 Å². The van der Waals surface area contributed by atoms with Gasteiger partial charge in [0.05, 0.1) is 37.4 Å². The second kappa shape index (κ2) is 14.5. The Hall–Kier alpha value is -5.52. The Bertz CT molecular complexity index is 1920. The summed E-state index contributed by atoms with van der Waals surface area (Å²) in [5.41, 5.74) is 0.756. The molecule has 0 radical (unpaired) electrons. The highest BCUT2D eigenvalue weighted by molar-refractivity contribution is 5.94. The molecule has 4 aromatic carbocycles. The van der Waals surface area contributed by atoms with Crippen LogP contribution in [-0.4, -0.2) is 48.0 Å². The van der Waals surface area contributed by atoms with E-state index < -0.39 is 17.7 Å². The fourth-order valence-corrected chi connectivity index (χ4v) is 4.90. The molecule has 0 spiro atoms. The topological polar surface area (TPSA) is 101 Å². The lowest BCUT2D eigenvalue weighted by atomic mass is 10.0. The Labute approximate surface area is 275 Å². The van der Waals surface area contributed by atoms with E-state index in [0.29, 0.717) is 28.2 Å². The fourth-order valence-electron chi connectivity index (χ4n) is 4.90. The highest BCUT2D eigenvalue weighted by Crippen LogP contribution is 2.39. The van der Waals surface area contributed by atoms with Gasteiger partial charge >= 0.3 is 12.1 Å². The molecule has 1 amide bonds. The van der Waals surface area contributed by atoms with Crippen molar-refractivity contribution < 1.29 is 41.7 Å². The summed E-state index contributed by atoms with van der Waals surface area (Å²) >= 11 is 0. The van der Waals surface area contributed by atoms with Crippen LogP contribution in [0, 0.1) is 0 Å². The molecule has 0 aliphatic carbocycles. The molecule has 1 aromatic heterocycles. The molecule has 12 heteroatoms. The lowest BCUT2D eigenvalue weighted by Gasteiger charge is -2.16. The smallest absolute Gasteiger partial charge is 0.416 e. The quantitative estimate of drug-likeness (QED) is 0.135. The van der Waals surface area contributed by atoms with Gasteiger partial charge in [-0.25, -0.2) is 4.68 Å². The molecule has 0 atom stereocenters. The molecule has 0 bridgehead atoms. The van der Waals surface area contributed by atoms with Crippen molar-refractivity contribution >= 4 is 22.6 Å². The minimum Gasteiger partial charge on any atom is -0.497 e. The number of alkyl halides is 3.